The highest BCUT2D eigenvalue weighted by Gasteiger charge is 2.32. The van der Waals surface area contributed by atoms with Gasteiger partial charge in [0.15, 0.2) is 0 Å². The Hall–Kier alpha value is -3.47. The lowest BCUT2D eigenvalue weighted by Gasteiger charge is -2.32. The second-order valence-corrected chi connectivity index (χ2v) is 9.51. The highest BCUT2D eigenvalue weighted by Crippen LogP contribution is 2.21. The van der Waals surface area contributed by atoms with Gasteiger partial charge in [-0.3, -0.25) is 9.59 Å². The maximum absolute atomic E-state index is 13.7. The summed E-state index contributed by atoms with van der Waals surface area (Å²) in [4.78, 5) is 29.1. The summed E-state index contributed by atoms with van der Waals surface area (Å²) in [5.74, 6) is -0.600. The molecule has 1 atom stereocenters. The standard InChI is InChI=1S/C30H33FN2O2/c1-22-8-7-11-25(18-22)21-33(29(34)20-24-14-16-26(31)17-15-24)28(19-23-9-3-2-4-10-23)30(35)32-27-12-5-6-13-27/h2-4,7-11,14-18,27-28H,5-6,12-13,19-21H2,1H3,(H,32,35)/t28-/m0/s1. The minimum absolute atomic E-state index is 0.105. The van der Waals surface area contributed by atoms with E-state index in [1.165, 1.54) is 12.1 Å². The molecule has 0 heterocycles. The molecular weight excluding hydrogens is 439 g/mol. The summed E-state index contributed by atoms with van der Waals surface area (Å²) < 4.78 is 13.4. The van der Waals surface area contributed by atoms with Crippen LogP contribution in [0.25, 0.3) is 0 Å². The predicted octanol–water partition coefficient (Wildman–Crippen LogP) is 5.38. The van der Waals surface area contributed by atoms with E-state index in [2.05, 4.69) is 5.32 Å². The molecule has 35 heavy (non-hydrogen) atoms. The molecule has 4 rings (SSSR count). The third-order valence-electron chi connectivity index (χ3n) is 6.68. The molecule has 0 unspecified atom stereocenters. The maximum atomic E-state index is 13.7. The monoisotopic (exact) mass is 472 g/mol. The summed E-state index contributed by atoms with van der Waals surface area (Å²) in [6.45, 7) is 2.35. The van der Waals surface area contributed by atoms with Gasteiger partial charge in [-0.2, -0.15) is 0 Å². The molecule has 0 radical (unpaired) electrons. The van der Waals surface area contributed by atoms with Gasteiger partial charge in [-0.25, -0.2) is 4.39 Å². The largest absolute Gasteiger partial charge is 0.352 e. The summed E-state index contributed by atoms with van der Waals surface area (Å²) >= 11 is 0. The molecule has 3 aromatic rings. The summed E-state index contributed by atoms with van der Waals surface area (Å²) in [6.07, 6.45) is 4.72. The van der Waals surface area contributed by atoms with E-state index in [0.29, 0.717) is 13.0 Å². The number of hydrogen-bond acceptors (Lipinski definition) is 2. The van der Waals surface area contributed by atoms with Crippen molar-refractivity contribution in [3.63, 3.8) is 0 Å². The number of halogens is 1. The minimum Gasteiger partial charge on any atom is -0.352 e. The molecule has 2 amide bonds. The number of amides is 2. The van der Waals surface area contributed by atoms with Gasteiger partial charge in [-0.05, 0) is 48.6 Å². The van der Waals surface area contributed by atoms with E-state index in [1.807, 2.05) is 61.5 Å². The molecule has 0 bridgehead atoms. The molecule has 0 saturated heterocycles. The molecule has 0 aromatic heterocycles. The fraction of sp³-hybridized carbons (Fsp3) is 0.333. The molecule has 1 N–H and O–H groups in total. The third-order valence-corrected chi connectivity index (χ3v) is 6.68. The first kappa shape index (κ1) is 24.6. The molecule has 1 aliphatic carbocycles. The number of benzene rings is 3. The Labute approximate surface area is 207 Å². The fourth-order valence-electron chi connectivity index (χ4n) is 4.81. The summed E-state index contributed by atoms with van der Waals surface area (Å²) in [6, 6.07) is 23.3. The average Bonchev–Trinajstić information content (AvgIpc) is 3.36. The van der Waals surface area contributed by atoms with Crippen LogP contribution < -0.4 is 5.32 Å². The smallest absolute Gasteiger partial charge is 0.243 e. The van der Waals surface area contributed by atoms with Crippen molar-refractivity contribution in [2.75, 3.05) is 0 Å². The third kappa shape index (κ3) is 7.01. The van der Waals surface area contributed by atoms with Crippen LogP contribution in [0.5, 0.6) is 0 Å². The number of carbonyl (C=O) groups is 2. The highest BCUT2D eigenvalue weighted by atomic mass is 19.1. The lowest BCUT2D eigenvalue weighted by molar-refractivity contribution is -0.141. The SMILES string of the molecule is Cc1cccc(CN(C(=O)Cc2ccc(F)cc2)[C@@H](Cc2ccccc2)C(=O)NC2CCCC2)c1. The van der Waals surface area contributed by atoms with E-state index >= 15 is 0 Å². The molecule has 0 spiro atoms. The topological polar surface area (TPSA) is 49.4 Å². The van der Waals surface area contributed by atoms with Crippen LogP contribution >= 0.6 is 0 Å². The van der Waals surface area contributed by atoms with E-state index in [1.54, 1.807) is 17.0 Å². The van der Waals surface area contributed by atoms with Crippen molar-refractivity contribution in [1.29, 1.82) is 0 Å². The second-order valence-electron chi connectivity index (χ2n) is 9.51. The molecule has 1 fully saturated rings. The van der Waals surface area contributed by atoms with Crippen molar-refractivity contribution >= 4 is 11.8 Å². The Morgan fingerprint density at radius 3 is 2.29 bits per heavy atom. The van der Waals surface area contributed by atoms with Crippen molar-refractivity contribution in [1.82, 2.24) is 10.2 Å². The van der Waals surface area contributed by atoms with E-state index in [4.69, 9.17) is 0 Å². The first-order chi connectivity index (χ1) is 17.0. The number of nitrogens with zero attached hydrogens (tertiary/aromatic N) is 1. The normalized spacial score (nSPS) is 14.5. The van der Waals surface area contributed by atoms with Crippen molar-refractivity contribution in [2.45, 2.75) is 64.1 Å². The molecule has 4 nitrogen and oxygen atoms in total. The molecule has 0 aliphatic heterocycles. The van der Waals surface area contributed by atoms with Crippen molar-refractivity contribution in [2.24, 2.45) is 0 Å². The van der Waals surface area contributed by atoms with Gasteiger partial charge < -0.3 is 10.2 Å². The van der Waals surface area contributed by atoms with Gasteiger partial charge in [-0.1, -0.05) is 85.1 Å². The second kappa shape index (κ2) is 11.8. The van der Waals surface area contributed by atoms with Crippen LogP contribution in [-0.2, 0) is 29.0 Å². The zero-order valence-corrected chi connectivity index (χ0v) is 20.3. The summed E-state index contributed by atoms with van der Waals surface area (Å²) in [5, 5.41) is 3.22. The van der Waals surface area contributed by atoms with Gasteiger partial charge >= 0.3 is 0 Å². The van der Waals surface area contributed by atoms with Gasteiger partial charge in [0.2, 0.25) is 11.8 Å². The van der Waals surface area contributed by atoms with Crippen molar-refractivity contribution in [3.8, 4) is 0 Å². The van der Waals surface area contributed by atoms with Crippen LogP contribution in [0.2, 0.25) is 0 Å². The predicted molar refractivity (Wildman–Crippen MR) is 136 cm³/mol. The van der Waals surface area contributed by atoms with Crippen LogP contribution in [-0.4, -0.2) is 28.8 Å². The number of hydrogen-bond donors (Lipinski definition) is 1. The van der Waals surface area contributed by atoms with Crippen LogP contribution in [0, 0.1) is 12.7 Å². The van der Waals surface area contributed by atoms with Crippen molar-refractivity contribution in [3.05, 3.63) is 107 Å². The number of nitrogens with one attached hydrogen (secondary N) is 1. The Balaban J connectivity index is 1.65. The van der Waals surface area contributed by atoms with E-state index in [9.17, 15) is 14.0 Å². The van der Waals surface area contributed by atoms with Crippen LogP contribution in [0.15, 0.2) is 78.9 Å². The summed E-state index contributed by atoms with van der Waals surface area (Å²) in [7, 11) is 0. The first-order valence-corrected chi connectivity index (χ1v) is 12.4. The maximum Gasteiger partial charge on any atom is 0.243 e. The Bertz CT molecular complexity index is 1120. The molecular formula is C30H33FN2O2. The highest BCUT2D eigenvalue weighted by molar-refractivity contribution is 5.89. The first-order valence-electron chi connectivity index (χ1n) is 12.4. The summed E-state index contributed by atoms with van der Waals surface area (Å²) in [5.41, 5.74) is 3.80. The van der Waals surface area contributed by atoms with Gasteiger partial charge in [-0.15, -0.1) is 0 Å². The Kier molecular flexibility index (Phi) is 8.30. The average molecular weight is 473 g/mol. The van der Waals surface area contributed by atoms with E-state index < -0.39 is 6.04 Å². The zero-order valence-electron chi connectivity index (χ0n) is 20.3. The molecule has 1 aliphatic rings. The lowest BCUT2D eigenvalue weighted by Crippen LogP contribution is -2.52. The van der Waals surface area contributed by atoms with Crippen molar-refractivity contribution < 1.29 is 14.0 Å². The molecule has 1 saturated carbocycles. The number of carbonyl (C=O) groups excluding carboxylic acids is 2. The lowest BCUT2D eigenvalue weighted by atomic mass is 10.0. The van der Waals surface area contributed by atoms with Crippen LogP contribution in [0.3, 0.4) is 0 Å². The Morgan fingerprint density at radius 2 is 1.60 bits per heavy atom. The fourth-order valence-corrected chi connectivity index (χ4v) is 4.81. The van der Waals surface area contributed by atoms with Crippen LogP contribution in [0.4, 0.5) is 4.39 Å². The van der Waals surface area contributed by atoms with Gasteiger partial charge in [0.1, 0.15) is 11.9 Å². The number of rotatable bonds is 9. The molecule has 5 heteroatoms. The van der Waals surface area contributed by atoms with Gasteiger partial charge in [0, 0.05) is 19.0 Å². The minimum atomic E-state index is -0.647. The van der Waals surface area contributed by atoms with Gasteiger partial charge in [0.05, 0.1) is 6.42 Å². The molecule has 3 aromatic carbocycles. The Morgan fingerprint density at radius 1 is 0.914 bits per heavy atom. The number of aryl methyl sites for hydroxylation is 1. The molecule has 182 valence electrons. The van der Waals surface area contributed by atoms with Crippen LogP contribution in [0.1, 0.15) is 47.9 Å². The zero-order chi connectivity index (χ0) is 24.6. The van der Waals surface area contributed by atoms with E-state index in [0.717, 1.165) is 47.9 Å². The quantitative estimate of drug-likeness (QED) is 0.455. The van der Waals surface area contributed by atoms with E-state index in [-0.39, 0.29) is 30.1 Å². The van der Waals surface area contributed by atoms with Gasteiger partial charge in [0.25, 0.3) is 0 Å².